The topological polar surface area (TPSA) is 32.3 Å². The lowest BCUT2D eigenvalue weighted by Crippen LogP contribution is -2.60. The number of rotatable bonds is 4. The molecule has 2 aromatic carbocycles. The van der Waals surface area contributed by atoms with Gasteiger partial charge in [-0.05, 0) is 80.8 Å². The number of amides is 1. The van der Waals surface area contributed by atoms with Crippen LogP contribution in [0.1, 0.15) is 30.1 Å². The van der Waals surface area contributed by atoms with Crippen LogP contribution in [-0.2, 0) is 0 Å². The maximum atomic E-state index is 12.6. The van der Waals surface area contributed by atoms with Crippen molar-refractivity contribution in [1.29, 1.82) is 0 Å². The largest absolute Gasteiger partial charge is 0.348 e. The Kier molecular flexibility index (Phi) is 5.25. The van der Waals surface area contributed by atoms with Crippen LogP contribution in [-0.4, -0.2) is 36.0 Å². The quantitative estimate of drug-likeness (QED) is 0.826. The minimum atomic E-state index is 0.0412. The maximum Gasteiger partial charge on any atom is 0.251 e. The van der Waals surface area contributed by atoms with Gasteiger partial charge in [-0.1, -0.05) is 23.4 Å². The zero-order chi connectivity index (χ0) is 18.1. The molecule has 4 atom stereocenters. The summed E-state index contributed by atoms with van der Waals surface area (Å²) in [6, 6.07) is 16.6. The third kappa shape index (κ3) is 3.93. The number of hydrogen-bond donors (Lipinski definition) is 1. The SMILES string of the molecule is CC1CC2CCN1CC2NC(=O)c1ccc(Sc2ccc(Cl)cc2)cc1. The van der Waals surface area contributed by atoms with Crippen molar-refractivity contribution >= 4 is 29.3 Å². The van der Waals surface area contributed by atoms with Gasteiger partial charge in [-0.15, -0.1) is 0 Å². The van der Waals surface area contributed by atoms with E-state index in [1.807, 2.05) is 48.5 Å². The molecule has 26 heavy (non-hydrogen) atoms. The first kappa shape index (κ1) is 17.9. The molecule has 3 nitrogen and oxygen atoms in total. The molecule has 2 aromatic rings. The van der Waals surface area contributed by atoms with Crippen LogP contribution in [0, 0.1) is 5.92 Å². The van der Waals surface area contributed by atoms with E-state index in [0.717, 1.165) is 26.9 Å². The van der Waals surface area contributed by atoms with E-state index in [9.17, 15) is 4.79 Å². The molecule has 0 aliphatic carbocycles. The molecule has 3 saturated heterocycles. The Morgan fingerprint density at radius 1 is 1.12 bits per heavy atom. The van der Waals surface area contributed by atoms with Crippen LogP contribution in [0.5, 0.6) is 0 Å². The average Bonchev–Trinajstić information content (AvgIpc) is 2.65. The van der Waals surface area contributed by atoms with Gasteiger partial charge >= 0.3 is 0 Å². The van der Waals surface area contributed by atoms with Crippen LogP contribution in [0.25, 0.3) is 0 Å². The van der Waals surface area contributed by atoms with Gasteiger partial charge in [0.25, 0.3) is 5.91 Å². The van der Waals surface area contributed by atoms with E-state index in [2.05, 4.69) is 17.1 Å². The number of nitrogens with one attached hydrogen (secondary N) is 1. The lowest BCUT2D eigenvalue weighted by atomic mass is 9.80. The van der Waals surface area contributed by atoms with E-state index < -0.39 is 0 Å². The first-order chi connectivity index (χ1) is 12.6. The van der Waals surface area contributed by atoms with Crippen LogP contribution in [0.4, 0.5) is 0 Å². The molecule has 136 valence electrons. The van der Waals surface area contributed by atoms with E-state index in [4.69, 9.17) is 11.6 Å². The Labute approximate surface area is 164 Å². The van der Waals surface area contributed by atoms with Crippen molar-refractivity contribution in [1.82, 2.24) is 10.2 Å². The lowest BCUT2D eigenvalue weighted by Gasteiger charge is -2.48. The molecule has 3 fully saturated rings. The molecular weight excluding hydrogens is 364 g/mol. The predicted molar refractivity (Wildman–Crippen MR) is 107 cm³/mol. The highest BCUT2D eigenvalue weighted by Crippen LogP contribution is 2.32. The molecule has 1 N–H and O–H groups in total. The summed E-state index contributed by atoms with van der Waals surface area (Å²) in [6.07, 6.45) is 2.40. The number of piperidine rings is 3. The molecule has 4 unspecified atom stereocenters. The molecule has 3 aliphatic rings. The molecular formula is C21H23ClN2OS. The number of nitrogens with zero attached hydrogens (tertiary/aromatic N) is 1. The normalized spacial score (nSPS) is 27.3. The van der Waals surface area contributed by atoms with Gasteiger partial charge in [-0.2, -0.15) is 0 Å². The number of hydrogen-bond acceptors (Lipinski definition) is 3. The van der Waals surface area contributed by atoms with Crippen molar-refractivity contribution in [3.63, 3.8) is 0 Å². The third-order valence-corrected chi connectivity index (χ3v) is 6.80. The van der Waals surface area contributed by atoms with Gasteiger partial charge in [-0.3, -0.25) is 9.69 Å². The molecule has 3 heterocycles. The van der Waals surface area contributed by atoms with Crippen LogP contribution in [0.3, 0.4) is 0 Å². The minimum Gasteiger partial charge on any atom is -0.348 e. The second-order valence-electron chi connectivity index (χ2n) is 7.29. The van der Waals surface area contributed by atoms with Crippen molar-refractivity contribution in [3.05, 3.63) is 59.1 Å². The highest BCUT2D eigenvalue weighted by molar-refractivity contribution is 7.99. The summed E-state index contributed by atoms with van der Waals surface area (Å²) in [5, 5.41) is 4.00. The highest BCUT2D eigenvalue weighted by atomic mass is 35.5. The van der Waals surface area contributed by atoms with Gasteiger partial charge in [0.05, 0.1) is 0 Å². The molecule has 0 spiro atoms. The van der Waals surface area contributed by atoms with Crippen molar-refractivity contribution in [3.8, 4) is 0 Å². The van der Waals surface area contributed by atoms with E-state index in [1.54, 1.807) is 11.8 Å². The molecule has 5 heteroatoms. The molecule has 0 saturated carbocycles. The monoisotopic (exact) mass is 386 g/mol. The summed E-state index contributed by atoms with van der Waals surface area (Å²) >= 11 is 7.59. The first-order valence-corrected chi connectivity index (χ1v) is 10.4. The fourth-order valence-electron chi connectivity index (χ4n) is 4.02. The molecule has 1 amide bonds. The van der Waals surface area contributed by atoms with Gasteiger partial charge in [0.15, 0.2) is 0 Å². The van der Waals surface area contributed by atoms with Crippen LogP contribution in [0.2, 0.25) is 5.02 Å². The summed E-state index contributed by atoms with van der Waals surface area (Å²) in [4.78, 5) is 17.4. The van der Waals surface area contributed by atoms with Crippen molar-refractivity contribution in [2.24, 2.45) is 5.92 Å². The van der Waals surface area contributed by atoms with Gasteiger partial charge < -0.3 is 5.32 Å². The van der Waals surface area contributed by atoms with Crippen molar-refractivity contribution < 1.29 is 4.79 Å². The summed E-state index contributed by atoms with van der Waals surface area (Å²) in [6.45, 7) is 4.46. The molecule has 5 rings (SSSR count). The molecule has 0 radical (unpaired) electrons. The van der Waals surface area contributed by atoms with E-state index in [0.29, 0.717) is 12.0 Å². The maximum absolute atomic E-state index is 12.6. The van der Waals surface area contributed by atoms with Crippen LogP contribution < -0.4 is 5.32 Å². The summed E-state index contributed by atoms with van der Waals surface area (Å²) in [7, 11) is 0. The molecule has 3 aliphatic heterocycles. The highest BCUT2D eigenvalue weighted by Gasteiger charge is 2.38. The number of carbonyl (C=O) groups excluding carboxylic acids is 1. The van der Waals surface area contributed by atoms with Gasteiger partial charge in [0, 0.05) is 39.0 Å². The number of halogens is 1. The zero-order valence-corrected chi connectivity index (χ0v) is 16.4. The molecule has 2 bridgehead atoms. The number of fused-ring (bicyclic) bond motifs is 3. The number of carbonyl (C=O) groups is 1. The Morgan fingerprint density at radius 2 is 1.77 bits per heavy atom. The van der Waals surface area contributed by atoms with Gasteiger partial charge in [0.2, 0.25) is 0 Å². The number of benzene rings is 2. The van der Waals surface area contributed by atoms with E-state index >= 15 is 0 Å². The van der Waals surface area contributed by atoms with Crippen molar-refractivity contribution in [2.75, 3.05) is 13.1 Å². The Morgan fingerprint density at radius 3 is 2.35 bits per heavy atom. The summed E-state index contributed by atoms with van der Waals surface area (Å²) in [5.74, 6) is 0.665. The van der Waals surface area contributed by atoms with Gasteiger partial charge in [-0.25, -0.2) is 0 Å². The zero-order valence-electron chi connectivity index (χ0n) is 14.8. The smallest absolute Gasteiger partial charge is 0.251 e. The van der Waals surface area contributed by atoms with Crippen LogP contribution in [0.15, 0.2) is 58.3 Å². The fourth-order valence-corrected chi connectivity index (χ4v) is 4.97. The Bertz CT molecular complexity index is 778. The fraction of sp³-hybridized carbons (Fsp3) is 0.381. The van der Waals surface area contributed by atoms with E-state index in [-0.39, 0.29) is 11.9 Å². The second kappa shape index (κ2) is 7.63. The lowest BCUT2D eigenvalue weighted by molar-refractivity contribution is 0.0274. The predicted octanol–water partition coefficient (Wildman–Crippen LogP) is 4.70. The second-order valence-corrected chi connectivity index (χ2v) is 8.87. The van der Waals surface area contributed by atoms with Crippen molar-refractivity contribution in [2.45, 2.75) is 41.6 Å². The van der Waals surface area contributed by atoms with Crippen LogP contribution >= 0.6 is 23.4 Å². The molecule has 0 aromatic heterocycles. The van der Waals surface area contributed by atoms with Gasteiger partial charge in [0.1, 0.15) is 0 Å². The Hall–Kier alpha value is -1.49. The van der Waals surface area contributed by atoms with E-state index in [1.165, 1.54) is 19.4 Å². The summed E-state index contributed by atoms with van der Waals surface area (Å²) < 4.78 is 0. The first-order valence-electron chi connectivity index (χ1n) is 9.17. The Balaban J connectivity index is 1.37. The standard InChI is InChI=1S/C21H23ClN2OS/c1-14-12-16-10-11-24(14)13-20(16)23-21(25)15-2-6-18(7-3-15)26-19-8-4-17(22)5-9-19/h2-9,14,16,20H,10-13H2,1H3,(H,23,25). The minimum absolute atomic E-state index is 0.0412. The third-order valence-electron chi connectivity index (χ3n) is 5.54. The average molecular weight is 387 g/mol. The summed E-state index contributed by atoms with van der Waals surface area (Å²) in [5.41, 5.74) is 0.731.